The number of unbranched alkanes of at least 4 members (excludes halogenated alkanes) is 9. The number of aryl methyl sites for hydroxylation is 1. The standard InChI is InChI=1S/C24H43ClN3O5P/c1-4-5-6-7-8-9-10-11-12-13-17-27(3)34(25,31)32-19-21-15-14-16-22(33-21)28-18-20(2)23(29)26-24(28)30/h18,21-22H,4-17,19H2,1-3H3,(H,26,29,30)/t21-,22+,34?/m0/s1. The highest BCUT2D eigenvalue weighted by atomic mass is 35.7. The molecule has 8 nitrogen and oxygen atoms in total. The van der Waals surface area contributed by atoms with Crippen LogP contribution in [0.3, 0.4) is 0 Å². The number of halogens is 1. The lowest BCUT2D eigenvalue weighted by atomic mass is 10.1. The molecule has 10 heteroatoms. The van der Waals surface area contributed by atoms with Crippen molar-refractivity contribution in [1.29, 1.82) is 0 Å². The lowest BCUT2D eigenvalue weighted by Crippen LogP contribution is -2.38. The van der Waals surface area contributed by atoms with E-state index in [1.165, 1.54) is 62.1 Å². The van der Waals surface area contributed by atoms with Gasteiger partial charge in [-0.05, 0) is 50.9 Å². The predicted molar refractivity (Wildman–Crippen MR) is 138 cm³/mol. The molecule has 1 aliphatic heterocycles. The van der Waals surface area contributed by atoms with Crippen LogP contribution in [0.15, 0.2) is 15.8 Å². The third-order valence-corrected chi connectivity index (χ3v) is 9.00. The molecule has 0 spiro atoms. The Morgan fingerprint density at radius 3 is 2.38 bits per heavy atom. The van der Waals surface area contributed by atoms with Crippen molar-refractivity contribution in [3.8, 4) is 0 Å². The van der Waals surface area contributed by atoms with Crippen LogP contribution in [-0.4, -0.2) is 40.5 Å². The Kier molecular flexibility index (Phi) is 13.1. The molecular formula is C24H43ClN3O5P. The first-order valence-corrected chi connectivity index (χ1v) is 15.4. The molecule has 0 amide bonds. The van der Waals surface area contributed by atoms with Crippen LogP contribution >= 0.6 is 18.1 Å². The summed E-state index contributed by atoms with van der Waals surface area (Å²) in [6, 6.07) is 0. The van der Waals surface area contributed by atoms with Gasteiger partial charge in [-0.2, -0.15) is 0 Å². The summed E-state index contributed by atoms with van der Waals surface area (Å²) in [7, 11) is 1.73. The quantitative estimate of drug-likeness (QED) is 0.208. The Balaban J connectivity index is 1.68. The average Bonchev–Trinajstić information content (AvgIpc) is 2.81. The fourth-order valence-electron chi connectivity index (χ4n) is 4.23. The zero-order valence-corrected chi connectivity index (χ0v) is 22.7. The molecule has 1 aromatic rings. The molecule has 0 radical (unpaired) electrons. The molecule has 0 aliphatic carbocycles. The molecule has 1 aromatic heterocycles. The van der Waals surface area contributed by atoms with Crippen LogP contribution in [0.4, 0.5) is 0 Å². The average molecular weight is 520 g/mol. The minimum Gasteiger partial charge on any atom is -0.352 e. The van der Waals surface area contributed by atoms with Gasteiger partial charge in [-0.1, -0.05) is 64.7 Å². The number of hydrogen-bond acceptors (Lipinski definition) is 5. The first-order chi connectivity index (χ1) is 16.2. The highest BCUT2D eigenvalue weighted by Crippen LogP contribution is 2.55. The molecule has 1 N–H and O–H groups in total. The summed E-state index contributed by atoms with van der Waals surface area (Å²) in [5.41, 5.74) is -0.452. The molecular weight excluding hydrogens is 477 g/mol. The minimum atomic E-state index is -3.43. The lowest BCUT2D eigenvalue weighted by Gasteiger charge is -2.32. The third-order valence-electron chi connectivity index (χ3n) is 6.45. The number of aromatic nitrogens is 2. The molecule has 1 fully saturated rings. The molecule has 1 saturated heterocycles. The number of nitrogens with one attached hydrogen (secondary N) is 1. The van der Waals surface area contributed by atoms with Gasteiger partial charge in [0.05, 0.1) is 12.7 Å². The number of rotatable bonds is 16. The molecule has 1 aliphatic rings. The van der Waals surface area contributed by atoms with Crippen molar-refractivity contribution in [1.82, 2.24) is 14.2 Å². The second-order valence-electron chi connectivity index (χ2n) is 9.43. The maximum absolute atomic E-state index is 12.9. The van der Waals surface area contributed by atoms with Crippen molar-refractivity contribution in [3.63, 3.8) is 0 Å². The number of H-pyrrole nitrogens is 1. The number of nitrogens with zero attached hydrogens (tertiary/aromatic N) is 2. The van der Waals surface area contributed by atoms with Gasteiger partial charge >= 0.3 is 12.6 Å². The summed E-state index contributed by atoms with van der Waals surface area (Å²) in [6.07, 6.45) is 15.3. The maximum atomic E-state index is 12.9. The SMILES string of the molecule is CCCCCCCCCCCCN(C)P(=O)(Cl)OC[C@@H]1CCC[C@H](n2cc(C)c(=O)[nH]c2=O)O1. The molecule has 2 heterocycles. The Morgan fingerprint density at radius 1 is 1.12 bits per heavy atom. The van der Waals surface area contributed by atoms with Crippen LogP contribution in [0.1, 0.15) is 102 Å². The van der Waals surface area contributed by atoms with E-state index in [2.05, 4.69) is 11.9 Å². The fraction of sp³-hybridized carbons (Fsp3) is 0.833. The number of ether oxygens (including phenoxy) is 1. The van der Waals surface area contributed by atoms with Gasteiger partial charge < -0.3 is 9.26 Å². The van der Waals surface area contributed by atoms with Crippen molar-refractivity contribution >= 4 is 18.1 Å². The van der Waals surface area contributed by atoms with Gasteiger partial charge in [0.25, 0.3) is 5.56 Å². The Morgan fingerprint density at radius 2 is 1.74 bits per heavy atom. The molecule has 0 bridgehead atoms. The predicted octanol–water partition coefficient (Wildman–Crippen LogP) is 6.13. The van der Waals surface area contributed by atoms with Crippen molar-refractivity contribution < 1.29 is 13.8 Å². The summed E-state index contributed by atoms with van der Waals surface area (Å²) in [4.78, 5) is 26.1. The first kappa shape index (κ1) is 29.3. The summed E-state index contributed by atoms with van der Waals surface area (Å²) in [5, 5.41) is 0. The third kappa shape index (κ3) is 9.98. The van der Waals surface area contributed by atoms with Gasteiger partial charge in [-0.15, -0.1) is 0 Å². The van der Waals surface area contributed by atoms with E-state index in [4.69, 9.17) is 20.5 Å². The molecule has 0 saturated carbocycles. The van der Waals surface area contributed by atoms with Crippen molar-refractivity contribution in [2.45, 2.75) is 110 Å². The molecule has 0 aromatic carbocycles. The molecule has 34 heavy (non-hydrogen) atoms. The van der Waals surface area contributed by atoms with E-state index in [1.807, 2.05) is 0 Å². The van der Waals surface area contributed by atoms with Crippen LogP contribution in [-0.2, 0) is 13.8 Å². The van der Waals surface area contributed by atoms with E-state index >= 15 is 0 Å². The van der Waals surface area contributed by atoms with Gasteiger partial charge in [-0.3, -0.25) is 18.9 Å². The maximum Gasteiger partial charge on any atom is 0.362 e. The zero-order chi connectivity index (χ0) is 25.0. The molecule has 196 valence electrons. The van der Waals surface area contributed by atoms with E-state index in [9.17, 15) is 14.2 Å². The van der Waals surface area contributed by atoms with Gasteiger partial charge in [-0.25, -0.2) is 9.46 Å². The monoisotopic (exact) mass is 519 g/mol. The van der Waals surface area contributed by atoms with Crippen molar-refractivity contribution in [3.05, 3.63) is 32.6 Å². The molecule has 2 rings (SSSR count). The topological polar surface area (TPSA) is 93.6 Å². The number of aromatic amines is 1. The fourth-order valence-corrected chi connectivity index (χ4v) is 5.55. The number of hydrogen-bond donors (Lipinski definition) is 1. The normalized spacial score (nSPS) is 20.5. The van der Waals surface area contributed by atoms with E-state index in [0.29, 0.717) is 18.5 Å². The van der Waals surface area contributed by atoms with Gasteiger partial charge in [0, 0.05) is 18.3 Å². The second-order valence-corrected chi connectivity index (χ2v) is 12.6. The highest BCUT2D eigenvalue weighted by molar-refractivity contribution is 7.83. The van der Waals surface area contributed by atoms with Gasteiger partial charge in [0.1, 0.15) is 6.23 Å². The summed E-state index contributed by atoms with van der Waals surface area (Å²) in [6.45, 7) is 1.17. The molecule has 3 atom stereocenters. The van der Waals surface area contributed by atoms with Crippen LogP contribution in [0.2, 0.25) is 0 Å². The van der Waals surface area contributed by atoms with Crippen molar-refractivity contribution in [2.75, 3.05) is 20.2 Å². The van der Waals surface area contributed by atoms with E-state index < -0.39 is 24.3 Å². The van der Waals surface area contributed by atoms with E-state index in [0.717, 1.165) is 25.7 Å². The largest absolute Gasteiger partial charge is 0.362 e. The van der Waals surface area contributed by atoms with Gasteiger partial charge in [0.2, 0.25) is 0 Å². The van der Waals surface area contributed by atoms with E-state index in [-0.39, 0.29) is 12.7 Å². The zero-order valence-electron chi connectivity index (χ0n) is 21.1. The van der Waals surface area contributed by atoms with Crippen LogP contribution in [0, 0.1) is 6.92 Å². The first-order valence-electron chi connectivity index (χ1n) is 12.9. The van der Waals surface area contributed by atoms with Gasteiger partial charge in [0.15, 0.2) is 0 Å². The van der Waals surface area contributed by atoms with Crippen molar-refractivity contribution in [2.24, 2.45) is 0 Å². The van der Waals surface area contributed by atoms with E-state index in [1.54, 1.807) is 18.6 Å². The second kappa shape index (κ2) is 15.2. The summed E-state index contributed by atoms with van der Waals surface area (Å²) < 4.78 is 27.5. The smallest absolute Gasteiger partial charge is 0.352 e. The Bertz CT molecular complexity index is 890. The lowest BCUT2D eigenvalue weighted by molar-refractivity contribution is -0.105. The molecule has 1 unspecified atom stereocenters. The Labute approximate surface area is 208 Å². The Hall–Kier alpha value is -0.920. The minimum absolute atomic E-state index is 0.0940. The summed E-state index contributed by atoms with van der Waals surface area (Å²) in [5.74, 6) is 0. The van der Waals surface area contributed by atoms with Crippen LogP contribution in [0.25, 0.3) is 0 Å². The summed E-state index contributed by atoms with van der Waals surface area (Å²) >= 11 is 6.25. The highest BCUT2D eigenvalue weighted by Gasteiger charge is 2.30. The van der Waals surface area contributed by atoms with Crippen LogP contribution in [0.5, 0.6) is 0 Å². The van der Waals surface area contributed by atoms with Crippen LogP contribution < -0.4 is 11.2 Å².